The molecule has 2 aromatic rings. The highest BCUT2D eigenvalue weighted by atomic mass is 16.6. The summed E-state index contributed by atoms with van der Waals surface area (Å²) in [6.45, 7) is 7.63. The Labute approximate surface area is 193 Å². The van der Waals surface area contributed by atoms with E-state index >= 15 is 0 Å². The third-order valence-electron chi connectivity index (χ3n) is 7.04. The zero-order valence-corrected chi connectivity index (χ0v) is 20.2. The number of fused-ring (bicyclic) bond motifs is 1. The molecule has 0 amide bonds. The van der Waals surface area contributed by atoms with Crippen molar-refractivity contribution in [3.63, 3.8) is 0 Å². The van der Waals surface area contributed by atoms with Gasteiger partial charge in [0.25, 0.3) is 0 Å². The van der Waals surface area contributed by atoms with E-state index in [4.69, 9.17) is 14.2 Å². The first-order valence-corrected chi connectivity index (χ1v) is 12.3. The summed E-state index contributed by atoms with van der Waals surface area (Å²) in [5.41, 5.74) is 4.07. The molecule has 4 rings (SSSR count). The maximum atomic E-state index is 6.63. The Morgan fingerprint density at radius 2 is 1.75 bits per heavy atom. The Bertz CT molecular complexity index is 871. The Morgan fingerprint density at radius 1 is 1.00 bits per heavy atom. The van der Waals surface area contributed by atoms with E-state index in [-0.39, 0.29) is 12.2 Å². The van der Waals surface area contributed by atoms with Gasteiger partial charge in [-0.1, -0.05) is 61.9 Å². The van der Waals surface area contributed by atoms with Gasteiger partial charge >= 0.3 is 0 Å². The first kappa shape index (κ1) is 23.1. The van der Waals surface area contributed by atoms with Crippen LogP contribution in [0.2, 0.25) is 0 Å². The summed E-state index contributed by atoms with van der Waals surface area (Å²) in [6.07, 6.45) is 7.58. The molecule has 1 aliphatic heterocycles. The van der Waals surface area contributed by atoms with Crippen molar-refractivity contribution in [3.05, 3.63) is 59.2 Å². The Balaban J connectivity index is 1.54. The molecule has 32 heavy (non-hydrogen) atoms. The highest BCUT2D eigenvalue weighted by molar-refractivity contribution is 5.53. The van der Waals surface area contributed by atoms with E-state index in [0.29, 0.717) is 6.61 Å². The van der Waals surface area contributed by atoms with Crippen molar-refractivity contribution in [3.8, 4) is 5.75 Å². The molecule has 1 heterocycles. The van der Waals surface area contributed by atoms with Gasteiger partial charge in [-0.25, -0.2) is 0 Å². The second-order valence-corrected chi connectivity index (χ2v) is 10.0. The Hall–Kier alpha value is -2.04. The fourth-order valence-electron chi connectivity index (χ4n) is 5.06. The number of hydrogen-bond acceptors (Lipinski definition) is 4. The van der Waals surface area contributed by atoms with Gasteiger partial charge in [0.2, 0.25) is 0 Å². The molecule has 2 aliphatic rings. The average molecular weight is 438 g/mol. The third kappa shape index (κ3) is 5.47. The molecule has 0 aromatic heterocycles. The van der Waals surface area contributed by atoms with Gasteiger partial charge in [-0.2, -0.15) is 0 Å². The summed E-state index contributed by atoms with van der Waals surface area (Å²) >= 11 is 0. The zero-order chi connectivity index (χ0) is 22.6. The standard InChI is InChI=1S/C28H39NO3/c1-20-10-12-22(13-11-20)19-31-27-26(30-17-16-21-8-6-5-7-9-21)24-18-23(29-4)14-15-25(24)32-28(27,2)3/h10-15,18,21,26-27,29H,5-9,16-17,19H2,1-4H3. The maximum absolute atomic E-state index is 6.63. The minimum absolute atomic E-state index is 0.156. The number of ether oxygens (including phenoxy) is 3. The van der Waals surface area contributed by atoms with Crippen LogP contribution in [0, 0.1) is 12.8 Å². The predicted molar refractivity (Wildman–Crippen MR) is 130 cm³/mol. The first-order valence-electron chi connectivity index (χ1n) is 12.3. The molecule has 2 aromatic carbocycles. The van der Waals surface area contributed by atoms with Crippen LogP contribution in [0.4, 0.5) is 5.69 Å². The lowest BCUT2D eigenvalue weighted by molar-refractivity contribution is -0.168. The second-order valence-electron chi connectivity index (χ2n) is 10.0. The monoisotopic (exact) mass is 437 g/mol. The van der Waals surface area contributed by atoms with Gasteiger partial charge in [-0.3, -0.25) is 0 Å². The van der Waals surface area contributed by atoms with Gasteiger partial charge < -0.3 is 19.5 Å². The summed E-state index contributed by atoms with van der Waals surface area (Å²) in [5.74, 6) is 1.69. The smallest absolute Gasteiger partial charge is 0.132 e. The van der Waals surface area contributed by atoms with Crippen LogP contribution in [0.25, 0.3) is 0 Å². The fraction of sp³-hybridized carbons (Fsp3) is 0.571. The molecular weight excluding hydrogens is 398 g/mol. The van der Waals surface area contributed by atoms with Gasteiger partial charge in [0.05, 0.1) is 6.61 Å². The van der Waals surface area contributed by atoms with Gasteiger partial charge in [-0.05, 0) is 56.9 Å². The lowest BCUT2D eigenvalue weighted by Gasteiger charge is -2.44. The number of anilines is 1. The van der Waals surface area contributed by atoms with Crippen molar-refractivity contribution in [1.29, 1.82) is 0 Å². The number of hydrogen-bond donors (Lipinski definition) is 1. The van der Waals surface area contributed by atoms with E-state index in [9.17, 15) is 0 Å². The van der Waals surface area contributed by atoms with Crippen molar-refractivity contribution in [1.82, 2.24) is 0 Å². The van der Waals surface area contributed by atoms with E-state index in [1.165, 1.54) is 43.2 Å². The molecule has 1 fully saturated rings. The molecular formula is C28H39NO3. The molecule has 0 radical (unpaired) electrons. The lowest BCUT2D eigenvalue weighted by Crippen LogP contribution is -2.51. The van der Waals surface area contributed by atoms with Crippen LogP contribution in [0.1, 0.15) is 75.2 Å². The SMILES string of the molecule is CNc1ccc2c(c1)C(OCCC1CCCCC1)C(OCc1ccc(C)cc1)C(C)(C)O2. The summed E-state index contributed by atoms with van der Waals surface area (Å²) in [7, 11) is 1.94. The van der Waals surface area contributed by atoms with Crippen LogP contribution < -0.4 is 10.1 Å². The van der Waals surface area contributed by atoms with Gasteiger partial charge in [-0.15, -0.1) is 0 Å². The number of aryl methyl sites for hydroxylation is 1. The van der Waals surface area contributed by atoms with Crippen LogP contribution in [0.3, 0.4) is 0 Å². The third-order valence-corrected chi connectivity index (χ3v) is 7.04. The van der Waals surface area contributed by atoms with Crippen molar-refractivity contribution in [2.24, 2.45) is 5.92 Å². The molecule has 0 saturated heterocycles. The van der Waals surface area contributed by atoms with Gasteiger partial charge in [0.15, 0.2) is 0 Å². The molecule has 1 saturated carbocycles. The molecule has 1 N–H and O–H groups in total. The molecule has 4 nitrogen and oxygen atoms in total. The number of nitrogens with one attached hydrogen (secondary N) is 1. The van der Waals surface area contributed by atoms with Crippen LogP contribution in [-0.2, 0) is 16.1 Å². The van der Waals surface area contributed by atoms with Gasteiger partial charge in [0, 0.05) is 24.9 Å². The molecule has 0 spiro atoms. The predicted octanol–water partition coefficient (Wildman–Crippen LogP) is 6.82. The normalized spacial score (nSPS) is 22.8. The van der Waals surface area contributed by atoms with E-state index in [1.807, 2.05) is 7.05 Å². The van der Waals surface area contributed by atoms with Crippen LogP contribution in [-0.4, -0.2) is 25.4 Å². The van der Waals surface area contributed by atoms with Crippen LogP contribution >= 0.6 is 0 Å². The quantitative estimate of drug-likeness (QED) is 0.492. The summed E-state index contributed by atoms with van der Waals surface area (Å²) in [5, 5.41) is 3.25. The lowest BCUT2D eigenvalue weighted by atomic mass is 9.86. The van der Waals surface area contributed by atoms with Crippen molar-refractivity contribution in [2.45, 2.75) is 83.7 Å². The Kier molecular flexibility index (Phi) is 7.42. The second kappa shape index (κ2) is 10.3. The minimum Gasteiger partial charge on any atom is -0.485 e. The zero-order valence-electron chi connectivity index (χ0n) is 20.2. The van der Waals surface area contributed by atoms with Crippen molar-refractivity contribution >= 4 is 5.69 Å². The number of benzene rings is 2. The van der Waals surface area contributed by atoms with Crippen molar-refractivity contribution < 1.29 is 14.2 Å². The topological polar surface area (TPSA) is 39.7 Å². The molecule has 174 valence electrons. The molecule has 2 unspecified atom stereocenters. The van der Waals surface area contributed by atoms with E-state index < -0.39 is 5.60 Å². The summed E-state index contributed by atoms with van der Waals surface area (Å²) in [6, 6.07) is 14.8. The fourth-order valence-corrected chi connectivity index (χ4v) is 5.06. The number of rotatable bonds is 8. The minimum atomic E-state index is -0.492. The van der Waals surface area contributed by atoms with E-state index in [2.05, 4.69) is 68.6 Å². The highest BCUT2D eigenvalue weighted by Crippen LogP contribution is 2.45. The van der Waals surface area contributed by atoms with Gasteiger partial charge in [0.1, 0.15) is 23.6 Å². The van der Waals surface area contributed by atoms with Crippen molar-refractivity contribution in [2.75, 3.05) is 19.0 Å². The molecule has 0 bridgehead atoms. The highest BCUT2D eigenvalue weighted by Gasteiger charge is 2.45. The first-order chi connectivity index (χ1) is 15.5. The Morgan fingerprint density at radius 3 is 2.47 bits per heavy atom. The molecule has 1 aliphatic carbocycles. The summed E-state index contributed by atoms with van der Waals surface area (Å²) in [4.78, 5) is 0. The van der Waals surface area contributed by atoms with E-state index in [1.54, 1.807) is 0 Å². The largest absolute Gasteiger partial charge is 0.485 e. The van der Waals surface area contributed by atoms with Crippen LogP contribution in [0.15, 0.2) is 42.5 Å². The van der Waals surface area contributed by atoms with Crippen LogP contribution in [0.5, 0.6) is 5.75 Å². The molecule has 4 heteroatoms. The summed E-state index contributed by atoms with van der Waals surface area (Å²) < 4.78 is 19.6. The maximum Gasteiger partial charge on any atom is 0.132 e. The van der Waals surface area contributed by atoms with E-state index in [0.717, 1.165) is 35.9 Å². The average Bonchev–Trinajstić information content (AvgIpc) is 2.79. The molecule has 2 atom stereocenters.